The Morgan fingerprint density at radius 1 is 1.38 bits per heavy atom. The zero-order valence-corrected chi connectivity index (χ0v) is 12.8. The average molecular weight is 287 g/mol. The molecule has 2 rings (SSSR count). The van der Waals surface area contributed by atoms with Crippen molar-refractivity contribution >= 4 is 11.6 Å². The fraction of sp³-hybridized carbons (Fsp3) is 0.400. The fourth-order valence-corrected chi connectivity index (χ4v) is 1.87. The number of nitrogens with zero attached hydrogens (tertiary/aromatic N) is 3. The second-order valence-electron chi connectivity index (χ2n) is 6.09. The highest BCUT2D eigenvalue weighted by Crippen LogP contribution is 2.18. The molecular weight excluding hydrogens is 266 g/mol. The molecule has 3 N–H and O–H groups in total. The molecule has 1 atom stereocenters. The Morgan fingerprint density at radius 3 is 2.71 bits per heavy atom. The van der Waals surface area contributed by atoms with Crippen molar-refractivity contribution in [2.24, 2.45) is 0 Å². The van der Waals surface area contributed by atoms with Crippen LogP contribution in [0, 0.1) is 0 Å². The van der Waals surface area contributed by atoms with Gasteiger partial charge < -0.3 is 11.1 Å². The van der Waals surface area contributed by atoms with E-state index in [4.69, 9.17) is 5.73 Å². The van der Waals surface area contributed by atoms with Gasteiger partial charge in [-0.05, 0) is 39.8 Å². The molecule has 0 saturated heterocycles. The number of anilines is 1. The van der Waals surface area contributed by atoms with Gasteiger partial charge in [-0.15, -0.1) is 0 Å². The van der Waals surface area contributed by atoms with Gasteiger partial charge in [0.1, 0.15) is 12.4 Å². The van der Waals surface area contributed by atoms with E-state index < -0.39 is 6.04 Å². The smallest absolute Gasteiger partial charge is 0.245 e. The lowest BCUT2D eigenvalue weighted by atomic mass is 10.1. The molecule has 0 aliphatic rings. The normalized spacial score (nSPS) is 13.0. The van der Waals surface area contributed by atoms with E-state index in [0.29, 0.717) is 11.5 Å². The number of hydrogen-bond donors (Lipinski definition) is 2. The summed E-state index contributed by atoms with van der Waals surface area (Å²) in [5.74, 6) is 0.462. The van der Waals surface area contributed by atoms with Crippen molar-refractivity contribution in [3.8, 4) is 11.4 Å². The molecule has 6 heteroatoms. The van der Waals surface area contributed by atoms with Gasteiger partial charge in [0, 0.05) is 16.8 Å². The van der Waals surface area contributed by atoms with Crippen molar-refractivity contribution in [1.82, 2.24) is 20.1 Å². The van der Waals surface area contributed by atoms with Crippen LogP contribution in [0.4, 0.5) is 5.69 Å². The molecule has 1 unspecified atom stereocenters. The number of nitrogens with two attached hydrogens (primary N) is 1. The monoisotopic (exact) mass is 287 g/mol. The van der Waals surface area contributed by atoms with E-state index in [1.54, 1.807) is 30.1 Å². The number of nitrogen functional groups attached to an aromatic ring is 1. The van der Waals surface area contributed by atoms with Gasteiger partial charge in [-0.1, -0.05) is 12.1 Å². The molecule has 112 valence electrons. The summed E-state index contributed by atoms with van der Waals surface area (Å²) < 4.78 is 1.56. The van der Waals surface area contributed by atoms with Crippen LogP contribution in [-0.2, 0) is 4.79 Å². The minimum atomic E-state index is -0.425. The summed E-state index contributed by atoms with van der Waals surface area (Å²) in [7, 11) is 0. The van der Waals surface area contributed by atoms with Crippen molar-refractivity contribution in [1.29, 1.82) is 0 Å². The standard InChI is InChI=1S/C15H21N5O/c1-10(14(21)18-15(2,3)4)20-9-17-13(19-20)11-6-5-7-12(16)8-11/h5-10H,16H2,1-4H3,(H,18,21). The highest BCUT2D eigenvalue weighted by molar-refractivity contribution is 5.80. The van der Waals surface area contributed by atoms with Gasteiger partial charge in [0.25, 0.3) is 0 Å². The number of nitrogens with one attached hydrogen (secondary N) is 1. The molecule has 1 amide bonds. The Balaban J connectivity index is 2.18. The molecule has 0 radical (unpaired) electrons. The van der Waals surface area contributed by atoms with Crippen LogP contribution in [0.1, 0.15) is 33.7 Å². The third-order valence-electron chi connectivity index (χ3n) is 2.93. The fourth-order valence-electron chi connectivity index (χ4n) is 1.87. The van der Waals surface area contributed by atoms with E-state index in [1.165, 1.54) is 0 Å². The molecule has 0 saturated carbocycles. The van der Waals surface area contributed by atoms with Crippen LogP contribution in [0.2, 0.25) is 0 Å². The Labute approximate surface area is 124 Å². The van der Waals surface area contributed by atoms with Crippen LogP contribution in [-0.4, -0.2) is 26.2 Å². The molecule has 0 spiro atoms. The average Bonchev–Trinajstić information content (AvgIpc) is 2.85. The summed E-state index contributed by atoms with van der Waals surface area (Å²) in [4.78, 5) is 16.4. The zero-order chi connectivity index (χ0) is 15.6. The Hall–Kier alpha value is -2.37. The first-order valence-electron chi connectivity index (χ1n) is 6.85. The maximum atomic E-state index is 12.1. The van der Waals surface area contributed by atoms with Gasteiger partial charge >= 0.3 is 0 Å². The predicted octanol–water partition coefficient (Wildman–Crippen LogP) is 2.00. The van der Waals surface area contributed by atoms with Crippen molar-refractivity contribution in [2.75, 3.05) is 5.73 Å². The first-order chi connectivity index (χ1) is 9.76. The lowest BCUT2D eigenvalue weighted by Crippen LogP contribution is -2.43. The predicted molar refractivity (Wildman–Crippen MR) is 82.5 cm³/mol. The van der Waals surface area contributed by atoms with Crippen molar-refractivity contribution < 1.29 is 4.79 Å². The van der Waals surface area contributed by atoms with Gasteiger partial charge in [0.2, 0.25) is 5.91 Å². The van der Waals surface area contributed by atoms with Crippen molar-refractivity contribution in [3.63, 3.8) is 0 Å². The molecule has 0 aliphatic carbocycles. The van der Waals surface area contributed by atoms with Gasteiger partial charge in [-0.3, -0.25) is 4.79 Å². The minimum absolute atomic E-state index is 0.0912. The first-order valence-corrected chi connectivity index (χ1v) is 6.85. The summed E-state index contributed by atoms with van der Waals surface area (Å²) in [6, 6.07) is 6.92. The van der Waals surface area contributed by atoms with Gasteiger partial charge in [0.15, 0.2) is 5.82 Å². The third-order valence-corrected chi connectivity index (χ3v) is 2.93. The lowest BCUT2D eigenvalue weighted by molar-refractivity contribution is -0.125. The molecule has 1 aromatic heterocycles. The van der Waals surface area contributed by atoms with E-state index in [0.717, 1.165) is 5.56 Å². The quantitative estimate of drug-likeness (QED) is 0.845. The third kappa shape index (κ3) is 3.81. The number of rotatable bonds is 3. The van der Waals surface area contributed by atoms with E-state index in [1.807, 2.05) is 32.9 Å². The second-order valence-corrected chi connectivity index (χ2v) is 6.09. The Bertz CT molecular complexity index is 642. The molecule has 0 aliphatic heterocycles. The SMILES string of the molecule is CC(C(=O)NC(C)(C)C)n1cnc(-c2cccc(N)c2)n1. The highest BCUT2D eigenvalue weighted by atomic mass is 16.2. The molecule has 1 aromatic carbocycles. The molecule has 0 fully saturated rings. The van der Waals surface area contributed by atoms with Crippen LogP contribution >= 0.6 is 0 Å². The Kier molecular flexibility index (Phi) is 3.97. The summed E-state index contributed by atoms with van der Waals surface area (Å²) in [6.45, 7) is 7.62. The van der Waals surface area contributed by atoms with Crippen LogP contribution in [0.15, 0.2) is 30.6 Å². The summed E-state index contributed by atoms with van der Waals surface area (Å²) in [5.41, 5.74) is 6.96. The van der Waals surface area contributed by atoms with Crippen LogP contribution < -0.4 is 11.1 Å². The highest BCUT2D eigenvalue weighted by Gasteiger charge is 2.21. The van der Waals surface area contributed by atoms with Crippen LogP contribution in [0.25, 0.3) is 11.4 Å². The maximum Gasteiger partial charge on any atom is 0.245 e. The topological polar surface area (TPSA) is 85.8 Å². The van der Waals surface area contributed by atoms with Gasteiger partial charge in [0.05, 0.1) is 0 Å². The number of carbonyl (C=O) groups excluding carboxylic acids is 1. The van der Waals surface area contributed by atoms with E-state index in [9.17, 15) is 4.79 Å². The largest absolute Gasteiger partial charge is 0.399 e. The molecule has 1 heterocycles. The summed E-state index contributed by atoms with van der Waals surface area (Å²) in [5, 5.41) is 7.29. The number of carbonyl (C=O) groups is 1. The molecule has 6 nitrogen and oxygen atoms in total. The van der Waals surface area contributed by atoms with E-state index in [-0.39, 0.29) is 11.4 Å². The zero-order valence-electron chi connectivity index (χ0n) is 12.8. The number of benzene rings is 1. The molecular formula is C15H21N5O. The molecule has 21 heavy (non-hydrogen) atoms. The number of aromatic nitrogens is 3. The van der Waals surface area contributed by atoms with Crippen molar-refractivity contribution in [3.05, 3.63) is 30.6 Å². The lowest BCUT2D eigenvalue weighted by Gasteiger charge is -2.23. The summed E-state index contributed by atoms with van der Waals surface area (Å²) in [6.07, 6.45) is 1.56. The molecule has 2 aromatic rings. The second kappa shape index (κ2) is 5.55. The van der Waals surface area contributed by atoms with Crippen LogP contribution in [0.5, 0.6) is 0 Å². The van der Waals surface area contributed by atoms with Gasteiger partial charge in [-0.2, -0.15) is 5.10 Å². The minimum Gasteiger partial charge on any atom is -0.399 e. The summed E-state index contributed by atoms with van der Waals surface area (Å²) >= 11 is 0. The van der Waals surface area contributed by atoms with Crippen LogP contribution in [0.3, 0.4) is 0 Å². The van der Waals surface area contributed by atoms with Crippen molar-refractivity contribution in [2.45, 2.75) is 39.3 Å². The Morgan fingerprint density at radius 2 is 2.10 bits per heavy atom. The maximum absolute atomic E-state index is 12.1. The van der Waals surface area contributed by atoms with E-state index in [2.05, 4.69) is 15.4 Å². The molecule has 0 bridgehead atoms. The number of hydrogen-bond acceptors (Lipinski definition) is 4. The first kappa shape index (κ1) is 15.0. The van der Waals surface area contributed by atoms with Gasteiger partial charge in [-0.25, -0.2) is 9.67 Å². The number of amides is 1. The van der Waals surface area contributed by atoms with E-state index >= 15 is 0 Å².